The second-order valence-corrected chi connectivity index (χ2v) is 8.72. The largest absolute Gasteiger partial charge is 0.496 e. The Balaban J connectivity index is 1.65. The lowest BCUT2D eigenvalue weighted by molar-refractivity contribution is -0.116. The summed E-state index contributed by atoms with van der Waals surface area (Å²) < 4.78 is 13.1. The molecule has 0 saturated heterocycles. The fraction of sp³-hybridized carbons (Fsp3) is 0.308. The van der Waals surface area contributed by atoms with Crippen LogP contribution in [-0.2, 0) is 4.79 Å². The zero-order chi connectivity index (χ0) is 23.1. The van der Waals surface area contributed by atoms with Crippen LogP contribution in [-0.4, -0.2) is 29.8 Å². The third-order valence-electron chi connectivity index (χ3n) is 6.41. The Morgan fingerprint density at radius 1 is 0.970 bits per heavy atom. The zero-order valence-corrected chi connectivity index (χ0v) is 19.3. The number of rotatable bonds is 5. The number of carbonyl (C=O) groups excluding carboxylic acids is 1. The van der Waals surface area contributed by atoms with Gasteiger partial charge in [-0.1, -0.05) is 50.2 Å². The van der Waals surface area contributed by atoms with Crippen molar-refractivity contribution in [3.8, 4) is 22.6 Å². The minimum absolute atomic E-state index is 0.0153. The third-order valence-corrected chi connectivity index (χ3v) is 6.41. The Labute approximate surface area is 193 Å². The number of anilines is 1. The molecule has 7 heteroatoms. The fourth-order valence-electron chi connectivity index (χ4n) is 4.84. The minimum Gasteiger partial charge on any atom is -0.496 e. The SMILES string of the molecule is COc1ccccc1-c1c(C(C)C)nn2c1NNC1=C2CC(c2ccccc2OC)CC1=O. The number of nitrogens with zero attached hydrogens (tertiary/aromatic N) is 2. The summed E-state index contributed by atoms with van der Waals surface area (Å²) in [6.45, 7) is 4.25. The molecule has 33 heavy (non-hydrogen) atoms. The molecule has 1 unspecified atom stereocenters. The van der Waals surface area contributed by atoms with Gasteiger partial charge in [0.05, 0.1) is 31.2 Å². The first kappa shape index (κ1) is 21.1. The van der Waals surface area contributed by atoms with Crippen molar-refractivity contribution >= 4 is 17.3 Å². The molecule has 5 rings (SSSR count). The summed E-state index contributed by atoms with van der Waals surface area (Å²) in [5.41, 5.74) is 11.8. The van der Waals surface area contributed by atoms with Crippen LogP contribution in [0.5, 0.6) is 11.5 Å². The van der Waals surface area contributed by atoms with Gasteiger partial charge in [0, 0.05) is 17.9 Å². The number of para-hydroxylation sites is 2. The molecule has 2 N–H and O–H groups in total. The molecule has 1 aromatic heterocycles. The Bertz CT molecular complexity index is 1260. The van der Waals surface area contributed by atoms with Gasteiger partial charge in [0.2, 0.25) is 0 Å². The Hall–Kier alpha value is -3.74. The van der Waals surface area contributed by atoms with E-state index in [-0.39, 0.29) is 17.6 Å². The summed E-state index contributed by atoms with van der Waals surface area (Å²) in [4.78, 5) is 13.2. The molecule has 0 saturated carbocycles. The summed E-state index contributed by atoms with van der Waals surface area (Å²) in [6, 6.07) is 15.9. The highest BCUT2D eigenvalue weighted by Gasteiger charge is 2.36. The number of ketones is 1. The summed E-state index contributed by atoms with van der Waals surface area (Å²) in [7, 11) is 3.34. The smallest absolute Gasteiger partial charge is 0.182 e. The van der Waals surface area contributed by atoms with Crippen molar-refractivity contribution in [2.45, 2.75) is 38.5 Å². The van der Waals surface area contributed by atoms with Gasteiger partial charge in [0.1, 0.15) is 17.2 Å². The molecule has 0 radical (unpaired) electrons. The van der Waals surface area contributed by atoms with Crippen molar-refractivity contribution < 1.29 is 14.3 Å². The molecular formula is C26H28N4O3. The lowest BCUT2D eigenvalue weighted by atomic mass is 9.83. The van der Waals surface area contributed by atoms with Crippen LogP contribution in [0.2, 0.25) is 0 Å². The van der Waals surface area contributed by atoms with E-state index in [1.165, 1.54) is 0 Å². The quantitative estimate of drug-likeness (QED) is 0.581. The normalized spacial score (nSPS) is 17.2. The number of hydrazine groups is 1. The number of fused-ring (bicyclic) bond motifs is 2. The molecule has 3 aromatic rings. The number of hydrogen-bond donors (Lipinski definition) is 2. The molecule has 1 aliphatic carbocycles. The van der Waals surface area contributed by atoms with Crippen molar-refractivity contribution in [1.82, 2.24) is 15.2 Å². The lowest BCUT2D eigenvalue weighted by Crippen LogP contribution is -2.37. The van der Waals surface area contributed by atoms with Gasteiger partial charge in [0.25, 0.3) is 0 Å². The third kappa shape index (κ3) is 3.44. The van der Waals surface area contributed by atoms with E-state index in [9.17, 15) is 4.79 Å². The number of methoxy groups -OCH3 is 2. The van der Waals surface area contributed by atoms with E-state index in [0.717, 1.165) is 45.4 Å². The van der Waals surface area contributed by atoms with E-state index < -0.39 is 0 Å². The molecule has 1 atom stereocenters. The first-order chi connectivity index (χ1) is 16.0. The van der Waals surface area contributed by atoms with Crippen LogP contribution >= 0.6 is 0 Å². The van der Waals surface area contributed by atoms with Crippen LogP contribution in [0.25, 0.3) is 16.8 Å². The maximum atomic E-state index is 13.2. The Morgan fingerprint density at radius 2 is 1.67 bits per heavy atom. The van der Waals surface area contributed by atoms with Crippen LogP contribution < -0.4 is 20.3 Å². The van der Waals surface area contributed by atoms with Gasteiger partial charge in [-0.2, -0.15) is 5.10 Å². The van der Waals surface area contributed by atoms with E-state index in [1.807, 2.05) is 53.2 Å². The summed E-state index contributed by atoms with van der Waals surface area (Å²) in [6.07, 6.45) is 1.09. The fourth-order valence-corrected chi connectivity index (χ4v) is 4.84. The van der Waals surface area contributed by atoms with E-state index in [1.54, 1.807) is 14.2 Å². The Kier molecular flexibility index (Phi) is 5.32. The average Bonchev–Trinajstić information content (AvgIpc) is 3.24. The van der Waals surface area contributed by atoms with E-state index in [4.69, 9.17) is 14.6 Å². The molecular weight excluding hydrogens is 416 g/mol. The number of hydrogen-bond acceptors (Lipinski definition) is 6. The molecule has 7 nitrogen and oxygen atoms in total. The first-order valence-electron chi connectivity index (χ1n) is 11.2. The van der Waals surface area contributed by atoms with E-state index in [0.29, 0.717) is 18.5 Å². The molecule has 1 aliphatic heterocycles. The number of ether oxygens (including phenoxy) is 2. The van der Waals surface area contributed by atoms with Gasteiger partial charge in [-0.3, -0.25) is 15.6 Å². The predicted molar refractivity (Wildman–Crippen MR) is 128 cm³/mol. The number of allylic oxidation sites excluding steroid dienone is 2. The van der Waals surface area contributed by atoms with Crippen LogP contribution in [0.1, 0.15) is 49.8 Å². The summed E-state index contributed by atoms with van der Waals surface area (Å²) in [5, 5.41) is 5.01. The van der Waals surface area contributed by atoms with Crippen LogP contribution in [0.3, 0.4) is 0 Å². The molecule has 170 valence electrons. The van der Waals surface area contributed by atoms with Crippen molar-refractivity contribution in [2.75, 3.05) is 19.6 Å². The number of nitrogens with one attached hydrogen (secondary N) is 2. The second-order valence-electron chi connectivity index (χ2n) is 8.72. The molecule has 2 aliphatic rings. The molecule has 2 heterocycles. The van der Waals surface area contributed by atoms with Crippen molar-refractivity contribution in [2.24, 2.45) is 0 Å². The lowest BCUT2D eigenvalue weighted by Gasteiger charge is -2.32. The summed E-state index contributed by atoms with van der Waals surface area (Å²) >= 11 is 0. The van der Waals surface area contributed by atoms with Gasteiger partial charge in [0.15, 0.2) is 11.6 Å². The maximum absolute atomic E-state index is 13.2. The van der Waals surface area contributed by atoms with Crippen LogP contribution in [0.15, 0.2) is 54.2 Å². The molecule has 0 spiro atoms. The number of benzene rings is 2. The maximum Gasteiger partial charge on any atom is 0.182 e. The van der Waals surface area contributed by atoms with Gasteiger partial charge < -0.3 is 9.47 Å². The zero-order valence-electron chi connectivity index (χ0n) is 19.3. The summed E-state index contributed by atoms with van der Waals surface area (Å²) in [5.74, 6) is 2.66. The van der Waals surface area contributed by atoms with Crippen molar-refractivity contribution in [3.63, 3.8) is 0 Å². The average molecular weight is 445 g/mol. The molecule has 0 bridgehead atoms. The standard InChI is InChI=1S/C26H28N4O3/c1-15(2)24-23(18-10-6-8-12-22(18)33-4)26-28-27-25-19(30(26)29-24)13-16(14-20(25)31)17-9-5-7-11-21(17)32-3/h5-12,15-16,27-28H,13-14H2,1-4H3. The highest BCUT2D eigenvalue weighted by molar-refractivity contribution is 6.03. The molecule has 2 aromatic carbocycles. The Morgan fingerprint density at radius 3 is 2.39 bits per heavy atom. The second kappa shape index (κ2) is 8.31. The predicted octanol–water partition coefficient (Wildman–Crippen LogP) is 4.94. The highest BCUT2D eigenvalue weighted by Crippen LogP contribution is 2.46. The number of carbonyl (C=O) groups is 1. The number of aromatic nitrogens is 2. The van der Waals surface area contributed by atoms with Crippen LogP contribution in [0, 0.1) is 0 Å². The topological polar surface area (TPSA) is 77.4 Å². The monoisotopic (exact) mass is 444 g/mol. The van der Waals surface area contributed by atoms with E-state index >= 15 is 0 Å². The van der Waals surface area contributed by atoms with Crippen LogP contribution in [0.4, 0.5) is 5.82 Å². The van der Waals surface area contributed by atoms with Crippen molar-refractivity contribution in [3.05, 3.63) is 65.5 Å². The number of Topliss-reactive ketones (excluding diaryl/α,β-unsaturated/α-hetero) is 1. The van der Waals surface area contributed by atoms with Crippen molar-refractivity contribution in [1.29, 1.82) is 0 Å². The molecule has 0 amide bonds. The van der Waals surface area contributed by atoms with Gasteiger partial charge >= 0.3 is 0 Å². The minimum atomic E-state index is 0.0153. The van der Waals surface area contributed by atoms with Gasteiger partial charge in [-0.05, 0) is 30.0 Å². The highest BCUT2D eigenvalue weighted by atomic mass is 16.5. The van der Waals surface area contributed by atoms with Gasteiger partial charge in [-0.15, -0.1) is 0 Å². The van der Waals surface area contributed by atoms with E-state index in [2.05, 4.69) is 24.7 Å². The molecule has 0 fully saturated rings. The van der Waals surface area contributed by atoms with Gasteiger partial charge in [-0.25, -0.2) is 4.68 Å². The first-order valence-corrected chi connectivity index (χ1v) is 11.2.